The second-order valence-electron chi connectivity index (χ2n) is 3.63. The first kappa shape index (κ1) is 11.2. The van der Waals surface area contributed by atoms with Crippen LogP contribution < -0.4 is 0 Å². The highest BCUT2D eigenvalue weighted by atomic mass is 35.5. The number of aromatic nitrogens is 2. The highest BCUT2D eigenvalue weighted by Gasteiger charge is 2.19. The zero-order valence-electron chi connectivity index (χ0n) is 8.71. The Hall–Kier alpha value is -0.900. The SMILES string of the molecule is Clc1ccc2c(c1Cl)SCC=C2c1cnc[nH]1. The third-order valence-corrected chi connectivity index (χ3v) is 4.61. The van der Waals surface area contributed by atoms with Crippen molar-refractivity contribution in [2.75, 3.05) is 5.75 Å². The molecule has 3 rings (SSSR count). The van der Waals surface area contributed by atoms with Crippen molar-refractivity contribution in [3.63, 3.8) is 0 Å². The first-order valence-corrected chi connectivity index (χ1v) is 6.81. The summed E-state index contributed by atoms with van der Waals surface area (Å²) >= 11 is 14.0. The summed E-state index contributed by atoms with van der Waals surface area (Å²) in [6.07, 6.45) is 5.66. The van der Waals surface area contributed by atoms with E-state index in [-0.39, 0.29) is 0 Å². The van der Waals surface area contributed by atoms with E-state index < -0.39 is 0 Å². The lowest BCUT2D eigenvalue weighted by molar-refractivity contribution is 1.28. The van der Waals surface area contributed by atoms with Crippen molar-refractivity contribution in [1.82, 2.24) is 9.97 Å². The number of imidazole rings is 1. The number of benzene rings is 1. The smallest absolute Gasteiger partial charge is 0.0924 e. The van der Waals surface area contributed by atoms with Gasteiger partial charge in [0.1, 0.15) is 0 Å². The topological polar surface area (TPSA) is 28.7 Å². The van der Waals surface area contributed by atoms with Gasteiger partial charge in [-0.3, -0.25) is 0 Å². The molecule has 0 aliphatic carbocycles. The quantitative estimate of drug-likeness (QED) is 0.847. The highest BCUT2D eigenvalue weighted by molar-refractivity contribution is 7.99. The van der Waals surface area contributed by atoms with Crippen LogP contribution in [0.5, 0.6) is 0 Å². The van der Waals surface area contributed by atoms with Gasteiger partial charge in [0.25, 0.3) is 0 Å². The fraction of sp³-hybridized carbons (Fsp3) is 0.0833. The molecule has 0 saturated heterocycles. The molecule has 0 atom stereocenters. The number of nitrogens with one attached hydrogen (secondary N) is 1. The molecule has 0 spiro atoms. The first-order chi connectivity index (χ1) is 8.27. The van der Waals surface area contributed by atoms with Crippen LogP contribution in [0.2, 0.25) is 10.0 Å². The van der Waals surface area contributed by atoms with E-state index >= 15 is 0 Å². The van der Waals surface area contributed by atoms with Crippen LogP contribution >= 0.6 is 35.0 Å². The van der Waals surface area contributed by atoms with E-state index in [0.717, 1.165) is 27.5 Å². The Kier molecular flexibility index (Phi) is 2.90. The van der Waals surface area contributed by atoms with Gasteiger partial charge in [-0.1, -0.05) is 35.3 Å². The molecule has 17 heavy (non-hydrogen) atoms. The molecule has 1 aliphatic heterocycles. The first-order valence-electron chi connectivity index (χ1n) is 5.07. The molecule has 0 unspecified atom stereocenters. The molecule has 2 aromatic rings. The number of aromatic amines is 1. The normalized spacial score (nSPS) is 14.4. The fourth-order valence-corrected chi connectivity index (χ4v) is 3.39. The van der Waals surface area contributed by atoms with E-state index in [4.69, 9.17) is 23.2 Å². The van der Waals surface area contributed by atoms with Crippen LogP contribution in [0.3, 0.4) is 0 Å². The van der Waals surface area contributed by atoms with Crippen LogP contribution in [0, 0.1) is 0 Å². The molecule has 2 heterocycles. The molecule has 0 bridgehead atoms. The van der Waals surface area contributed by atoms with Gasteiger partial charge in [0.05, 0.1) is 28.3 Å². The Bertz CT molecular complexity index is 591. The molecule has 86 valence electrons. The van der Waals surface area contributed by atoms with E-state index in [2.05, 4.69) is 16.0 Å². The van der Waals surface area contributed by atoms with Crippen molar-refractivity contribution >= 4 is 40.5 Å². The molecule has 0 fully saturated rings. The van der Waals surface area contributed by atoms with Gasteiger partial charge in [0, 0.05) is 16.2 Å². The number of hydrogen-bond acceptors (Lipinski definition) is 2. The lowest BCUT2D eigenvalue weighted by atomic mass is 10.0. The maximum Gasteiger partial charge on any atom is 0.0924 e. The molecule has 1 aliphatic rings. The molecular weight excluding hydrogens is 275 g/mol. The van der Waals surface area contributed by atoms with Crippen molar-refractivity contribution in [2.45, 2.75) is 4.90 Å². The van der Waals surface area contributed by atoms with Crippen LogP contribution in [0.1, 0.15) is 11.3 Å². The van der Waals surface area contributed by atoms with Gasteiger partial charge in [0.2, 0.25) is 0 Å². The molecule has 1 N–H and O–H groups in total. The Morgan fingerprint density at radius 3 is 2.94 bits per heavy atom. The van der Waals surface area contributed by atoms with Crippen molar-refractivity contribution in [3.8, 4) is 0 Å². The van der Waals surface area contributed by atoms with Crippen molar-refractivity contribution in [1.29, 1.82) is 0 Å². The second-order valence-corrected chi connectivity index (χ2v) is 5.45. The molecule has 5 heteroatoms. The molecule has 0 radical (unpaired) electrons. The highest BCUT2D eigenvalue weighted by Crippen LogP contribution is 2.43. The summed E-state index contributed by atoms with van der Waals surface area (Å²) in [5, 5.41) is 1.24. The summed E-state index contributed by atoms with van der Waals surface area (Å²) in [5.74, 6) is 0.890. The lowest BCUT2D eigenvalue weighted by Gasteiger charge is -2.18. The van der Waals surface area contributed by atoms with Crippen molar-refractivity contribution < 1.29 is 0 Å². The average Bonchev–Trinajstić information content (AvgIpc) is 2.87. The minimum absolute atomic E-state index is 0.601. The summed E-state index contributed by atoms with van der Waals surface area (Å²) in [4.78, 5) is 8.21. The second kappa shape index (κ2) is 4.41. The Labute approximate surface area is 113 Å². The van der Waals surface area contributed by atoms with E-state index in [9.17, 15) is 0 Å². The number of H-pyrrole nitrogens is 1. The Morgan fingerprint density at radius 1 is 1.29 bits per heavy atom. The zero-order valence-corrected chi connectivity index (χ0v) is 11.0. The fourth-order valence-electron chi connectivity index (χ4n) is 1.86. The molecule has 1 aromatic heterocycles. The van der Waals surface area contributed by atoms with Gasteiger partial charge in [0.15, 0.2) is 0 Å². The number of rotatable bonds is 1. The number of nitrogens with zero attached hydrogens (tertiary/aromatic N) is 1. The Balaban J connectivity index is 2.18. The van der Waals surface area contributed by atoms with Gasteiger partial charge >= 0.3 is 0 Å². The third kappa shape index (κ3) is 1.88. The monoisotopic (exact) mass is 282 g/mol. The summed E-state index contributed by atoms with van der Waals surface area (Å²) in [6, 6.07) is 3.83. The van der Waals surface area contributed by atoms with Gasteiger partial charge in [-0.2, -0.15) is 0 Å². The van der Waals surface area contributed by atoms with Gasteiger partial charge in [-0.05, 0) is 11.6 Å². The van der Waals surface area contributed by atoms with Crippen LogP contribution in [0.15, 0.2) is 35.6 Å². The van der Waals surface area contributed by atoms with Gasteiger partial charge < -0.3 is 4.98 Å². The molecular formula is C12H8Cl2N2S. The molecule has 1 aromatic carbocycles. The maximum absolute atomic E-state index is 6.23. The summed E-state index contributed by atoms with van der Waals surface area (Å²) < 4.78 is 0. The Morgan fingerprint density at radius 2 is 2.18 bits per heavy atom. The standard InChI is InChI=1S/C12H8Cl2N2S/c13-9-2-1-8-7(10-5-15-6-16-10)3-4-17-12(8)11(9)14/h1-3,5-6H,4H2,(H,15,16). The largest absolute Gasteiger partial charge is 0.345 e. The number of hydrogen-bond donors (Lipinski definition) is 1. The lowest BCUT2D eigenvalue weighted by Crippen LogP contribution is -1.98. The minimum Gasteiger partial charge on any atom is -0.345 e. The third-order valence-electron chi connectivity index (χ3n) is 2.64. The van der Waals surface area contributed by atoms with Gasteiger partial charge in [-0.15, -0.1) is 11.8 Å². The predicted molar refractivity (Wildman–Crippen MR) is 72.9 cm³/mol. The molecule has 0 amide bonds. The van der Waals surface area contributed by atoms with E-state index in [1.54, 1.807) is 18.1 Å². The summed E-state index contributed by atoms with van der Waals surface area (Å²) in [5.41, 5.74) is 3.25. The summed E-state index contributed by atoms with van der Waals surface area (Å²) in [7, 11) is 0. The van der Waals surface area contributed by atoms with Crippen molar-refractivity contribution in [2.24, 2.45) is 0 Å². The van der Waals surface area contributed by atoms with Crippen molar-refractivity contribution in [3.05, 3.63) is 52.0 Å². The number of fused-ring (bicyclic) bond motifs is 1. The molecule has 2 nitrogen and oxygen atoms in total. The predicted octanol–water partition coefficient (Wildman–Crippen LogP) is 4.25. The maximum atomic E-state index is 6.23. The minimum atomic E-state index is 0.601. The van der Waals surface area contributed by atoms with Gasteiger partial charge in [-0.25, -0.2) is 4.98 Å². The molecule has 0 saturated carbocycles. The zero-order chi connectivity index (χ0) is 11.8. The van der Waals surface area contributed by atoms with E-state index in [0.29, 0.717) is 10.0 Å². The number of halogens is 2. The summed E-state index contributed by atoms with van der Waals surface area (Å²) in [6.45, 7) is 0. The average molecular weight is 283 g/mol. The van der Waals surface area contributed by atoms with E-state index in [1.807, 2.05) is 18.3 Å². The van der Waals surface area contributed by atoms with Crippen LogP contribution in [0.25, 0.3) is 5.57 Å². The van der Waals surface area contributed by atoms with E-state index in [1.165, 1.54) is 0 Å². The van der Waals surface area contributed by atoms with Crippen LogP contribution in [-0.2, 0) is 0 Å². The number of thioether (sulfide) groups is 1. The van der Waals surface area contributed by atoms with Crippen LogP contribution in [0.4, 0.5) is 0 Å². The van der Waals surface area contributed by atoms with Crippen LogP contribution in [-0.4, -0.2) is 15.7 Å².